The quantitative estimate of drug-likeness (QED) is 0.148. The van der Waals surface area contributed by atoms with E-state index in [4.69, 9.17) is 4.52 Å². The number of unbranched alkanes of at least 4 members (excludes halogenated alkanes) is 3. The number of hydrogen-bond donors (Lipinski definition) is 2. The van der Waals surface area contributed by atoms with Gasteiger partial charge in [-0.25, -0.2) is 4.57 Å². The summed E-state index contributed by atoms with van der Waals surface area (Å²) < 4.78 is 17.4. The minimum atomic E-state index is -4.80. The van der Waals surface area contributed by atoms with Crippen LogP contribution in [0.2, 0.25) is 0 Å². The number of benzene rings is 4. The van der Waals surface area contributed by atoms with Crippen LogP contribution in [0.1, 0.15) is 76.0 Å². The molecular weight excluding hydrogens is 527 g/mol. The van der Waals surface area contributed by atoms with Gasteiger partial charge in [-0.3, -0.25) is 9.79 Å². The standard InChI is InChI=1S/C36H43O4P/c1-4-7-10-27-13-19-30(20-14-27)33-25-26-34(40-41(37,38)39)36(32-23-17-29(18-24-32)12-9-6-3)35(33)31-21-15-28(16-22-31)11-8-5-2/h13-26H,4-12H2,1-3H3,(H2,37,38,39). The molecule has 0 aliphatic carbocycles. The molecule has 0 atom stereocenters. The highest BCUT2D eigenvalue weighted by Gasteiger charge is 2.24. The van der Waals surface area contributed by atoms with Gasteiger partial charge in [0.25, 0.3) is 0 Å². The molecule has 4 aromatic rings. The van der Waals surface area contributed by atoms with Gasteiger partial charge in [0.05, 0.1) is 0 Å². The van der Waals surface area contributed by atoms with E-state index in [0.29, 0.717) is 5.56 Å². The van der Waals surface area contributed by atoms with E-state index in [2.05, 4.69) is 81.4 Å². The van der Waals surface area contributed by atoms with E-state index < -0.39 is 7.82 Å². The van der Waals surface area contributed by atoms with Crippen LogP contribution in [0.15, 0.2) is 84.9 Å². The SMILES string of the molecule is CCCCc1ccc(-c2ccc(OP(=O)(O)O)c(-c3ccc(CCCC)cc3)c2-c2ccc(CCCC)cc2)cc1. The van der Waals surface area contributed by atoms with Crippen LogP contribution >= 0.6 is 7.82 Å². The van der Waals surface area contributed by atoms with Gasteiger partial charge in [0.2, 0.25) is 0 Å². The maximum atomic E-state index is 12.1. The lowest BCUT2D eigenvalue weighted by molar-refractivity contribution is 0.283. The fourth-order valence-electron chi connectivity index (χ4n) is 5.28. The molecule has 0 radical (unpaired) electrons. The molecule has 4 nitrogen and oxygen atoms in total. The zero-order chi connectivity index (χ0) is 29.2. The first-order chi connectivity index (χ1) is 19.8. The first kappa shape index (κ1) is 30.8. The van der Waals surface area contributed by atoms with Crippen LogP contribution in [0.3, 0.4) is 0 Å². The second-order valence-corrected chi connectivity index (χ2v) is 12.0. The Morgan fingerprint density at radius 1 is 0.537 bits per heavy atom. The highest BCUT2D eigenvalue weighted by atomic mass is 31.2. The average Bonchev–Trinajstić information content (AvgIpc) is 2.98. The van der Waals surface area contributed by atoms with Gasteiger partial charge in [0.1, 0.15) is 5.75 Å². The Hall–Kier alpha value is -3.17. The minimum Gasteiger partial charge on any atom is -0.404 e. The molecule has 0 fully saturated rings. The summed E-state index contributed by atoms with van der Waals surface area (Å²) in [5.41, 5.74) is 9.31. The molecular formula is C36H43O4P. The van der Waals surface area contributed by atoms with E-state index in [1.165, 1.54) is 16.7 Å². The van der Waals surface area contributed by atoms with Crippen molar-refractivity contribution in [3.05, 3.63) is 102 Å². The predicted octanol–water partition coefficient (Wildman–Crippen LogP) is 10.2. The summed E-state index contributed by atoms with van der Waals surface area (Å²) in [5, 5.41) is 0. The molecule has 0 aliphatic heterocycles. The fourth-order valence-corrected chi connectivity index (χ4v) is 5.69. The number of hydrogen-bond acceptors (Lipinski definition) is 2. The Kier molecular flexibility index (Phi) is 11.0. The topological polar surface area (TPSA) is 66.8 Å². The molecule has 41 heavy (non-hydrogen) atoms. The molecule has 216 valence electrons. The van der Waals surface area contributed by atoms with Gasteiger partial charge in [0.15, 0.2) is 0 Å². The van der Waals surface area contributed by atoms with E-state index >= 15 is 0 Å². The van der Waals surface area contributed by atoms with Crippen molar-refractivity contribution in [2.24, 2.45) is 0 Å². The Bertz CT molecular complexity index is 1440. The minimum absolute atomic E-state index is 0.174. The van der Waals surface area contributed by atoms with E-state index in [9.17, 15) is 14.4 Å². The van der Waals surface area contributed by atoms with E-state index in [0.717, 1.165) is 85.6 Å². The van der Waals surface area contributed by atoms with Crippen molar-refractivity contribution >= 4 is 7.82 Å². The Morgan fingerprint density at radius 3 is 1.32 bits per heavy atom. The molecule has 0 unspecified atom stereocenters. The largest absolute Gasteiger partial charge is 0.524 e. The molecule has 4 aromatic carbocycles. The van der Waals surface area contributed by atoms with Crippen molar-refractivity contribution in [3.63, 3.8) is 0 Å². The lowest BCUT2D eigenvalue weighted by atomic mass is 9.86. The van der Waals surface area contributed by atoms with Crippen molar-refractivity contribution in [1.82, 2.24) is 0 Å². The molecule has 0 saturated carbocycles. The summed E-state index contributed by atoms with van der Waals surface area (Å²) in [6.07, 6.45) is 9.90. The van der Waals surface area contributed by atoms with E-state index in [1.807, 2.05) is 18.2 Å². The third-order valence-electron chi connectivity index (χ3n) is 7.59. The Labute approximate surface area is 245 Å². The van der Waals surface area contributed by atoms with Crippen molar-refractivity contribution in [1.29, 1.82) is 0 Å². The summed E-state index contributed by atoms with van der Waals surface area (Å²) in [5.74, 6) is 0.174. The first-order valence-electron chi connectivity index (χ1n) is 15.0. The third-order valence-corrected chi connectivity index (χ3v) is 8.03. The number of phosphoric acid groups is 1. The summed E-state index contributed by atoms with van der Waals surface area (Å²) in [7, 11) is -4.80. The van der Waals surface area contributed by atoms with Crippen molar-refractivity contribution in [2.75, 3.05) is 0 Å². The van der Waals surface area contributed by atoms with Crippen LogP contribution in [0.25, 0.3) is 33.4 Å². The third kappa shape index (κ3) is 8.42. The van der Waals surface area contributed by atoms with Gasteiger partial charge in [-0.1, -0.05) is 119 Å². The second-order valence-electron chi connectivity index (χ2n) is 10.8. The van der Waals surface area contributed by atoms with Crippen LogP contribution in [-0.2, 0) is 23.8 Å². The zero-order valence-electron chi connectivity index (χ0n) is 24.6. The van der Waals surface area contributed by atoms with Crippen molar-refractivity contribution < 1.29 is 18.9 Å². The van der Waals surface area contributed by atoms with Crippen LogP contribution in [-0.4, -0.2) is 9.79 Å². The monoisotopic (exact) mass is 570 g/mol. The van der Waals surface area contributed by atoms with Gasteiger partial charge in [-0.2, -0.15) is 0 Å². The molecule has 0 aromatic heterocycles. The Balaban J connectivity index is 1.92. The van der Waals surface area contributed by atoms with Gasteiger partial charge < -0.3 is 4.52 Å². The number of aryl methyl sites for hydroxylation is 3. The van der Waals surface area contributed by atoms with Gasteiger partial charge in [-0.15, -0.1) is 0 Å². The summed E-state index contributed by atoms with van der Waals surface area (Å²) in [4.78, 5) is 19.7. The maximum Gasteiger partial charge on any atom is 0.524 e. The van der Waals surface area contributed by atoms with Crippen LogP contribution in [0.5, 0.6) is 5.75 Å². The van der Waals surface area contributed by atoms with Gasteiger partial charge >= 0.3 is 7.82 Å². The molecule has 5 heteroatoms. The number of rotatable bonds is 14. The highest BCUT2D eigenvalue weighted by Crippen LogP contribution is 2.49. The summed E-state index contributed by atoms with van der Waals surface area (Å²) >= 11 is 0. The van der Waals surface area contributed by atoms with Gasteiger partial charge in [-0.05, 0) is 83.5 Å². The molecule has 0 bridgehead atoms. The maximum absolute atomic E-state index is 12.1. The lowest BCUT2D eigenvalue weighted by Crippen LogP contribution is -1.98. The average molecular weight is 571 g/mol. The summed E-state index contributed by atoms with van der Waals surface area (Å²) in [6, 6.07) is 29.2. The fraction of sp³-hybridized carbons (Fsp3) is 0.333. The molecule has 0 amide bonds. The first-order valence-corrected chi connectivity index (χ1v) is 16.6. The zero-order valence-corrected chi connectivity index (χ0v) is 25.5. The highest BCUT2D eigenvalue weighted by molar-refractivity contribution is 7.46. The predicted molar refractivity (Wildman–Crippen MR) is 171 cm³/mol. The normalized spacial score (nSPS) is 11.5. The molecule has 0 spiro atoms. The molecule has 0 saturated heterocycles. The molecule has 0 heterocycles. The molecule has 0 aliphatic rings. The van der Waals surface area contributed by atoms with E-state index in [1.54, 1.807) is 6.07 Å². The lowest BCUT2D eigenvalue weighted by Gasteiger charge is -2.21. The van der Waals surface area contributed by atoms with Crippen LogP contribution in [0, 0.1) is 0 Å². The number of phosphoric ester groups is 1. The van der Waals surface area contributed by atoms with Crippen LogP contribution in [0.4, 0.5) is 0 Å². The van der Waals surface area contributed by atoms with Gasteiger partial charge in [0, 0.05) is 11.1 Å². The molecule has 2 N–H and O–H groups in total. The smallest absolute Gasteiger partial charge is 0.404 e. The van der Waals surface area contributed by atoms with Crippen LogP contribution < -0.4 is 4.52 Å². The Morgan fingerprint density at radius 2 is 0.927 bits per heavy atom. The van der Waals surface area contributed by atoms with Crippen molar-refractivity contribution in [2.45, 2.75) is 78.6 Å². The second kappa shape index (κ2) is 14.6. The van der Waals surface area contributed by atoms with E-state index in [-0.39, 0.29) is 5.75 Å². The molecule has 4 rings (SSSR count). The summed E-state index contributed by atoms with van der Waals surface area (Å²) in [6.45, 7) is 6.58. The van der Waals surface area contributed by atoms with Crippen molar-refractivity contribution in [3.8, 4) is 39.1 Å².